The Morgan fingerprint density at radius 2 is 2.05 bits per heavy atom. The molecule has 8 nitrogen and oxygen atoms in total. The molecule has 0 bridgehead atoms. The lowest BCUT2D eigenvalue weighted by Crippen LogP contribution is -2.47. The number of hydrogen-bond donors (Lipinski definition) is 1. The number of primary sulfonamides is 1. The molecule has 2 rings (SSSR count). The van der Waals surface area contributed by atoms with Crippen LogP contribution in [0.1, 0.15) is 25.6 Å². The smallest absolute Gasteiger partial charge is 0.262 e. The maximum atomic E-state index is 12.6. The molecule has 1 aliphatic rings. The van der Waals surface area contributed by atoms with E-state index in [0.29, 0.717) is 25.2 Å². The first-order chi connectivity index (χ1) is 9.66. The zero-order chi connectivity index (χ0) is 15.8. The van der Waals surface area contributed by atoms with E-state index >= 15 is 0 Å². The second-order valence-corrected chi connectivity index (χ2v) is 8.86. The van der Waals surface area contributed by atoms with Crippen LogP contribution < -0.4 is 5.14 Å². The fourth-order valence-electron chi connectivity index (χ4n) is 2.45. The van der Waals surface area contributed by atoms with Crippen LogP contribution in [0.5, 0.6) is 0 Å². The van der Waals surface area contributed by atoms with Gasteiger partial charge in [0.25, 0.3) is 10.0 Å². The minimum Gasteiger partial charge on any atom is -0.334 e. The second-order valence-electron chi connectivity index (χ2n) is 5.13. The summed E-state index contributed by atoms with van der Waals surface area (Å²) in [6.07, 6.45) is 2.33. The average Bonchev–Trinajstić information content (AvgIpc) is 2.80. The third-order valence-corrected chi connectivity index (χ3v) is 6.76. The van der Waals surface area contributed by atoms with E-state index in [0.717, 1.165) is 4.31 Å². The number of nitrogens with two attached hydrogens (primary N) is 1. The highest BCUT2D eigenvalue weighted by Crippen LogP contribution is 2.22. The van der Waals surface area contributed by atoms with E-state index in [-0.39, 0.29) is 18.1 Å². The standard InChI is InChI=1S/C11H20N4O4S2/c1-3-14-8-11(13-9(14)2)21(18,19)15-6-4-5-10(7-15)20(12,16)17/h8,10H,3-7H2,1-2H3,(H2,12,16,17). The van der Waals surface area contributed by atoms with E-state index in [2.05, 4.69) is 4.98 Å². The molecule has 0 amide bonds. The molecule has 2 N–H and O–H groups in total. The highest BCUT2D eigenvalue weighted by Gasteiger charge is 2.36. The molecule has 1 fully saturated rings. The van der Waals surface area contributed by atoms with Crippen molar-refractivity contribution in [3.05, 3.63) is 12.0 Å². The van der Waals surface area contributed by atoms with Gasteiger partial charge in [0.05, 0.1) is 5.25 Å². The number of hydrogen-bond acceptors (Lipinski definition) is 5. The number of nitrogens with zero attached hydrogens (tertiary/aromatic N) is 3. The lowest BCUT2D eigenvalue weighted by atomic mass is 10.2. The fraction of sp³-hybridized carbons (Fsp3) is 0.727. The van der Waals surface area contributed by atoms with Crippen molar-refractivity contribution in [1.29, 1.82) is 0 Å². The molecule has 0 saturated carbocycles. The molecule has 1 aromatic heterocycles. The summed E-state index contributed by atoms with van der Waals surface area (Å²) in [6.45, 7) is 4.41. The van der Waals surface area contributed by atoms with Gasteiger partial charge in [0.15, 0.2) is 5.03 Å². The van der Waals surface area contributed by atoms with Gasteiger partial charge in [-0.15, -0.1) is 0 Å². The normalized spacial score (nSPS) is 21.6. The zero-order valence-electron chi connectivity index (χ0n) is 12.1. The molecule has 0 aliphatic carbocycles. The van der Waals surface area contributed by atoms with Crippen molar-refractivity contribution in [3.8, 4) is 0 Å². The maximum absolute atomic E-state index is 12.6. The summed E-state index contributed by atoms with van der Waals surface area (Å²) in [5.74, 6) is 0.607. The number of piperidine rings is 1. The van der Waals surface area contributed by atoms with E-state index in [1.54, 1.807) is 11.5 Å². The first-order valence-electron chi connectivity index (χ1n) is 6.71. The Morgan fingerprint density at radius 3 is 2.57 bits per heavy atom. The summed E-state index contributed by atoms with van der Waals surface area (Å²) in [4.78, 5) is 4.07. The maximum Gasteiger partial charge on any atom is 0.262 e. The molecule has 1 aliphatic heterocycles. The molecule has 1 saturated heterocycles. The Bertz CT molecular complexity index is 723. The molecular weight excluding hydrogens is 316 g/mol. The molecule has 0 aromatic carbocycles. The molecule has 10 heteroatoms. The predicted molar refractivity (Wildman–Crippen MR) is 77.5 cm³/mol. The van der Waals surface area contributed by atoms with Crippen molar-refractivity contribution in [1.82, 2.24) is 13.9 Å². The van der Waals surface area contributed by atoms with Crippen LogP contribution in [0, 0.1) is 6.92 Å². The van der Waals surface area contributed by atoms with Gasteiger partial charge >= 0.3 is 0 Å². The van der Waals surface area contributed by atoms with Gasteiger partial charge in [0.1, 0.15) is 5.82 Å². The molecular formula is C11H20N4O4S2. The largest absolute Gasteiger partial charge is 0.334 e. The Balaban J connectivity index is 2.30. The summed E-state index contributed by atoms with van der Waals surface area (Å²) in [5.41, 5.74) is 0. The van der Waals surface area contributed by atoms with Crippen molar-refractivity contribution in [2.24, 2.45) is 5.14 Å². The van der Waals surface area contributed by atoms with Crippen LogP contribution in [0.25, 0.3) is 0 Å². The molecule has 21 heavy (non-hydrogen) atoms. The van der Waals surface area contributed by atoms with Crippen molar-refractivity contribution in [2.75, 3.05) is 13.1 Å². The molecule has 0 spiro atoms. The Morgan fingerprint density at radius 1 is 1.38 bits per heavy atom. The van der Waals surface area contributed by atoms with Crippen LogP contribution in [-0.2, 0) is 26.6 Å². The van der Waals surface area contributed by atoms with E-state index in [1.807, 2.05) is 6.92 Å². The number of aryl methyl sites for hydroxylation is 2. The third kappa shape index (κ3) is 3.28. The zero-order valence-corrected chi connectivity index (χ0v) is 13.7. The molecule has 2 heterocycles. The number of aromatic nitrogens is 2. The van der Waals surface area contributed by atoms with Gasteiger partial charge in [-0.1, -0.05) is 0 Å². The molecule has 1 unspecified atom stereocenters. The summed E-state index contributed by atoms with van der Waals surface area (Å²) < 4.78 is 50.9. The van der Waals surface area contributed by atoms with Crippen LogP contribution in [0.4, 0.5) is 0 Å². The number of rotatable bonds is 4. The highest BCUT2D eigenvalue weighted by atomic mass is 32.2. The topological polar surface area (TPSA) is 115 Å². The number of sulfonamides is 2. The molecule has 120 valence electrons. The van der Waals surface area contributed by atoms with Crippen molar-refractivity contribution >= 4 is 20.0 Å². The molecule has 1 atom stereocenters. The van der Waals surface area contributed by atoms with Crippen LogP contribution >= 0.6 is 0 Å². The van der Waals surface area contributed by atoms with Gasteiger partial charge < -0.3 is 4.57 Å². The van der Waals surface area contributed by atoms with Gasteiger partial charge in [0, 0.05) is 25.8 Å². The molecule has 0 radical (unpaired) electrons. The lowest BCUT2D eigenvalue weighted by molar-refractivity contribution is 0.345. The monoisotopic (exact) mass is 336 g/mol. The van der Waals surface area contributed by atoms with E-state index in [1.165, 1.54) is 6.20 Å². The summed E-state index contributed by atoms with van der Waals surface area (Å²) in [5, 5.41) is 4.24. The van der Waals surface area contributed by atoms with Crippen molar-refractivity contribution in [2.45, 2.75) is 43.5 Å². The number of imidazole rings is 1. The van der Waals surface area contributed by atoms with Crippen LogP contribution in [0.3, 0.4) is 0 Å². The van der Waals surface area contributed by atoms with Gasteiger partial charge in [-0.05, 0) is 26.7 Å². The summed E-state index contributed by atoms with van der Waals surface area (Å²) in [7, 11) is -7.53. The van der Waals surface area contributed by atoms with Gasteiger partial charge in [0.2, 0.25) is 10.0 Å². The predicted octanol–water partition coefficient (Wildman–Crippen LogP) is -0.347. The fourth-order valence-corrected chi connectivity index (χ4v) is 4.94. The minimum absolute atomic E-state index is 0.0445. The quantitative estimate of drug-likeness (QED) is 0.807. The first-order valence-corrected chi connectivity index (χ1v) is 9.76. The summed E-state index contributed by atoms with van der Waals surface area (Å²) >= 11 is 0. The van der Waals surface area contributed by atoms with Gasteiger partial charge in [-0.2, -0.15) is 4.31 Å². The summed E-state index contributed by atoms with van der Waals surface area (Å²) in [6, 6.07) is 0. The van der Waals surface area contributed by atoms with Gasteiger partial charge in [-0.3, -0.25) is 0 Å². The Labute approximate surface area is 125 Å². The molecule has 1 aromatic rings. The van der Waals surface area contributed by atoms with Gasteiger partial charge in [-0.25, -0.2) is 27.0 Å². The highest BCUT2D eigenvalue weighted by molar-refractivity contribution is 7.90. The van der Waals surface area contributed by atoms with Crippen molar-refractivity contribution in [3.63, 3.8) is 0 Å². The van der Waals surface area contributed by atoms with E-state index in [4.69, 9.17) is 5.14 Å². The van der Waals surface area contributed by atoms with Crippen molar-refractivity contribution < 1.29 is 16.8 Å². The average molecular weight is 336 g/mol. The SMILES string of the molecule is CCn1cc(S(=O)(=O)N2CCCC(S(N)(=O)=O)C2)nc1C. The Kier molecular flexibility index (Phi) is 4.43. The minimum atomic E-state index is -3.79. The third-order valence-electron chi connectivity index (χ3n) is 3.70. The first kappa shape index (κ1) is 16.4. The van der Waals surface area contributed by atoms with E-state index < -0.39 is 25.3 Å². The lowest BCUT2D eigenvalue weighted by Gasteiger charge is -2.29. The van der Waals surface area contributed by atoms with E-state index in [9.17, 15) is 16.8 Å². The second kappa shape index (κ2) is 5.67. The Hall–Kier alpha value is -0.970. The van der Waals surface area contributed by atoms with Crippen LogP contribution in [-0.4, -0.2) is 49.0 Å². The van der Waals surface area contributed by atoms with Crippen LogP contribution in [0.15, 0.2) is 11.2 Å². The van der Waals surface area contributed by atoms with Crippen LogP contribution in [0.2, 0.25) is 0 Å².